The van der Waals surface area contributed by atoms with Gasteiger partial charge in [0.1, 0.15) is 12.2 Å². The van der Waals surface area contributed by atoms with Crippen molar-refractivity contribution in [3.05, 3.63) is 58.2 Å². The molecule has 3 aliphatic rings. The zero-order valence-corrected chi connectivity index (χ0v) is 22.6. The molecule has 5 unspecified atom stereocenters. The summed E-state index contributed by atoms with van der Waals surface area (Å²) in [5, 5.41) is 0. The predicted molar refractivity (Wildman–Crippen MR) is 136 cm³/mol. The van der Waals surface area contributed by atoms with Gasteiger partial charge in [-0.15, -0.1) is 0 Å². The van der Waals surface area contributed by atoms with Gasteiger partial charge in [0.15, 0.2) is 17.3 Å². The summed E-state index contributed by atoms with van der Waals surface area (Å²) in [5.74, 6) is -2.87. The Bertz CT molecular complexity index is 1300. The number of rotatable bonds is 6. The highest BCUT2D eigenvalue weighted by Gasteiger charge is 2.65. The molecule has 0 amide bonds. The van der Waals surface area contributed by atoms with E-state index in [1.165, 1.54) is 33.3 Å². The Hall–Kier alpha value is -3.88. The molecule has 1 aromatic rings. The maximum Gasteiger partial charge on any atom is 0.351 e. The summed E-state index contributed by atoms with van der Waals surface area (Å²) in [6.45, 7) is 8.35. The summed E-state index contributed by atoms with van der Waals surface area (Å²) in [6.07, 6.45) is 1.47. The molecule has 0 N–H and O–H groups in total. The van der Waals surface area contributed by atoms with Gasteiger partial charge < -0.3 is 23.7 Å². The van der Waals surface area contributed by atoms with Gasteiger partial charge >= 0.3 is 17.9 Å². The molecule has 1 aromatic carbocycles. The molecule has 0 spiro atoms. The SMILES string of the molecule is CC=C(C)C(=O)OC1(C)C(=O)OC2C3C(C)=CC(=O)C3=C(C)CC(OC(=O)c3ccc(OC)c(OC)c3)C21. The summed E-state index contributed by atoms with van der Waals surface area (Å²) in [7, 11) is 2.94. The molecule has 1 aliphatic heterocycles. The van der Waals surface area contributed by atoms with Crippen LogP contribution < -0.4 is 9.47 Å². The Morgan fingerprint density at radius 2 is 1.79 bits per heavy atom. The fraction of sp³-hybridized carbons (Fsp3) is 0.448. The molecule has 5 atom stereocenters. The van der Waals surface area contributed by atoms with E-state index in [1.807, 2.05) is 0 Å². The summed E-state index contributed by atoms with van der Waals surface area (Å²) in [4.78, 5) is 52.4. The number of benzene rings is 1. The van der Waals surface area contributed by atoms with Gasteiger partial charge in [-0.1, -0.05) is 17.2 Å². The van der Waals surface area contributed by atoms with Crippen molar-refractivity contribution in [2.75, 3.05) is 14.2 Å². The minimum Gasteiger partial charge on any atom is -0.493 e. The number of methoxy groups -OCH3 is 2. The zero-order valence-electron chi connectivity index (χ0n) is 22.6. The van der Waals surface area contributed by atoms with E-state index in [0.29, 0.717) is 22.6 Å². The third-order valence-electron chi connectivity index (χ3n) is 7.70. The van der Waals surface area contributed by atoms with E-state index in [1.54, 1.807) is 45.9 Å². The average Bonchev–Trinajstić information content (AvgIpc) is 3.27. The van der Waals surface area contributed by atoms with Crippen LogP contribution in [0.3, 0.4) is 0 Å². The number of hydrogen-bond donors (Lipinski definition) is 0. The Labute approximate surface area is 221 Å². The number of fused-ring (bicyclic) bond motifs is 3. The first-order valence-electron chi connectivity index (χ1n) is 12.4. The molecular weight excluding hydrogens is 492 g/mol. The second-order valence-electron chi connectivity index (χ2n) is 10.0. The van der Waals surface area contributed by atoms with E-state index < -0.39 is 47.6 Å². The Morgan fingerprint density at radius 1 is 1.11 bits per heavy atom. The molecule has 1 saturated heterocycles. The van der Waals surface area contributed by atoms with Crippen LogP contribution in [0, 0.1) is 11.8 Å². The molecule has 2 aliphatic carbocycles. The fourth-order valence-corrected chi connectivity index (χ4v) is 5.58. The van der Waals surface area contributed by atoms with Crippen molar-refractivity contribution in [1.82, 2.24) is 0 Å². The monoisotopic (exact) mass is 524 g/mol. The van der Waals surface area contributed by atoms with Gasteiger partial charge in [-0.3, -0.25) is 4.79 Å². The fourth-order valence-electron chi connectivity index (χ4n) is 5.58. The minimum absolute atomic E-state index is 0.158. The van der Waals surface area contributed by atoms with Crippen LogP contribution in [0.15, 0.2) is 52.6 Å². The molecule has 9 heteroatoms. The molecule has 0 saturated carbocycles. The lowest BCUT2D eigenvalue weighted by Crippen LogP contribution is -2.50. The maximum atomic E-state index is 13.4. The molecule has 0 aromatic heterocycles. The molecule has 1 heterocycles. The highest BCUT2D eigenvalue weighted by molar-refractivity contribution is 6.09. The molecule has 202 valence electrons. The third-order valence-corrected chi connectivity index (χ3v) is 7.70. The van der Waals surface area contributed by atoms with E-state index in [0.717, 1.165) is 11.1 Å². The largest absolute Gasteiger partial charge is 0.493 e. The van der Waals surface area contributed by atoms with Gasteiger partial charge in [-0.25, -0.2) is 14.4 Å². The smallest absolute Gasteiger partial charge is 0.351 e. The summed E-state index contributed by atoms with van der Waals surface area (Å²) in [6, 6.07) is 4.62. The zero-order chi connectivity index (χ0) is 27.9. The van der Waals surface area contributed by atoms with Crippen molar-refractivity contribution >= 4 is 23.7 Å². The summed E-state index contributed by atoms with van der Waals surface area (Å²) in [5.41, 5.74) is 0.749. The van der Waals surface area contributed by atoms with Crippen molar-refractivity contribution in [3.63, 3.8) is 0 Å². The first kappa shape index (κ1) is 27.2. The van der Waals surface area contributed by atoms with Gasteiger partial charge in [-0.05, 0) is 58.9 Å². The lowest BCUT2D eigenvalue weighted by atomic mass is 9.77. The highest BCUT2D eigenvalue weighted by Crippen LogP contribution is 2.51. The average molecular weight is 525 g/mol. The van der Waals surface area contributed by atoms with Crippen molar-refractivity contribution in [1.29, 1.82) is 0 Å². The van der Waals surface area contributed by atoms with Crippen LogP contribution in [0.2, 0.25) is 0 Å². The van der Waals surface area contributed by atoms with Crippen LogP contribution in [0.5, 0.6) is 11.5 Å². The number of esters is 3. The van der Waals surface area contributed by atoms with Crippen LogP contribution in [0.25, 0.3) is 0 Å². The molecule has 9 nitrogen and oxygen atoms in total. The van der Waals surface area contributed by atoms with E-state index in [4.69, 9.17) is 23.7 Å². The maximum absolute atomic E-state index is 13.4. The lowest BCUT2D eigenvalue weighted by molar-refractivity contribution is -0.173. The molecular formula is C29H32O9. The van der Waals surface area contributed by atoms with Crippen LogP contribution in [-0.4, -0.2) is 55.7 Å². The number of ether oxygens (including phenoxy) is 5. The number of ketones is 1. The minimum atomic E-state index is -1.75. The van der Waals surface area contributed by atoms with E-state index in [9.17, 15) is 19.2 Å². The van der Waals surface area contributed by atoms with Gasteiger partial charge in [0, 0.05) is 23.5 Å². The number of hydrogen-bond acceptors (Lipinski definition) is 9. The quantitative estimate of drug-likeness (QED) is 0.310. The topological polar surface area (TPSA) is 114 Å². The standard InChI is InChI=1S/C29H32O9/c1-8-14(2)26(31)38-29(5)24-21(36-27(32)17-9-10-19(34-6)20(13-17)35-7)12-16(4)22-18(30)11-15(3)23(22)25(24)37-28(29)33/h8-11,13,21,23-25H,12H2,1-7H3. The van der Waals surface area contributed by atoms with Crippen molar-refractivity contribution in [3.8, 4) is 11.5 Å². The van der Waals surface area contributed by atoms with Crippen molar-refractivity contribution in [2.45, 2.75) is 58.8 Å². The third kappa shape index (κ3) is 4.40. The van der Waals surface area contributed by atoms with Crippen molar-refractivity contribution < 1.29 is 42.9 Å². The highest BCUT2D eigenvalue weighted by atomic mass is 16.6. The number of carbonyl (C=O) groups excluding carboxylic acids is 4. The van der Waals surface area contributed by atoms with Gasteiger partial charge in [0.2, 0.25) is 5.60 Å². The Balaban J connectivity index is 1.78. The second-order valence-corrected chi connectivity index (χ2v) is 10.0. The number of carbonyl (C=O) groups is 4. The van der Waals surface area contributed by atoms with E-state index in [-0.39, 0.29) is 17.8 Å². The Kier molecular flexibility index (Phi) is 7.23. The molecule has 4 rings (SSSR count). The van der Waals surface area contributed by atoms with Crippen LogP contribution >= 0.6 is 0 Å². The normalized spacial score (nSPS) is 28.6. The van der Waals surface area contributed by atoms with E-state index in [2.05, 4.69) is 0 Å². The predicted octanol–water partition coefficient (Wildman–Crippen LogP) is 3.90. The van der Waals surface area contributed by atoms with Crippen molar-refractivity contribution in [2.24, 2.45) is 11.8 Å². The first-order chi connectivity index (χ1) is 18.0. The Morgan fingerprint density at radius 3 is 2.42 bits per heavy atom. The molecule has 38 heavy (non-hydrogen) atoms. The second kappa shape index (κ2) is 10.1. The molecule has 0 bridgehead atoms. The van der Waals surface area contributed by atoms with E-state index >= 15 is 0 Å². The molecule has 0 radical (unpaired) electrons. The summed E-state index contributed by atoms with van der Waals surface area (Å²) < 4.78 is 28.2. The van der Waals surface area contributed by atoms with Gasteiger partial charge in [-0.2, -0.15) is 0 Å². The summed E-state index contributed by atoms with van der Waals surface area (Å²) >= 11 is 0. The first-order valence-corrected chi connectivity index (χ1v) is 12.4. The lowest BCUT2D eigenvalue weighted by Gasteiger charge is -2.34. The van der Waals surface area contributed by atoms with Gasteiger partial charge in [0.25, 0.3) is 0 Å². The van der Waals surface area contributed by atoms with Crippen LogP contribution in [-0.2, 0) is 28.6 Å². The van der Waals surface area contributed by atoms with Crippen LogP contribution in [0.4, 0.5) is 0 Å². The number of allylic oxidation sites excluding steroid dienone is 2. The van der Waals surface area contributed by atoms with Crippen LogP contribution in [0.1, 0.15) is 51.4 Å². The molecule has 1 fully saturated rings. The van der Waals surface area contributed by atoms with Gasteiger partial charge in [0.05, 0.1) is 25.7 Å².